The van der Waals surface area contributed by atoms with Crippen molar-refractivity contribution in [1.29, 1.82) is 0 Å². The second-order valence-electron chi connectivity index (χ2n) is 4.13. The Morgan fingerprint density at radius 1 is 1.56 bits per heavy atom. The minimum atomic E-state index is -3.24. The molecule has 94 valence electrons. The topological polar surface area (TPSA) is 63.7 Å². The van der Waals surface area contributed by atoms with Crippen LogP contribution in [-0.4, -0.2) is 44.1 Å². The van der Waals surface area contributed by atoms with E-state index >= 15 is 0 Å². The first-order valence-corrected chi connectivity index (χ1v) is 7.00. The Labute approximate surface area is 96.8 Å². The maximum Gasteiger partial charge on any atom is 0.310 e. The standard InChI is InChI=1S/C10H19NO4S/c1-4-8(2)16(13,14)11-6-5-9(7-11)10(12)15-3/h8-9H,4-7H2,1-3H3. The molecule has 1 rings (SSSR count). The van der Waals surface area contributed by atoms with E-state index in [0.29, 0.717) is 19.4 Å². The highest BCUT2D eigenvalue weighted by atomic mass is 32.2. The molecule has 2 unspecified atom stereocenters. The molecule has 0 aromatic heterocycles. The van der Waals surface area contributed by atoms with Crippen molar-refractivity contribution >= 4 is 16.0 Å². The number of hydrogen-bond acceptors (Lipinski definition) is 4. The Morgan fingerprint density at radius 2 is 2.19 bits per heavy atom. The summed E-state index contributed by atoms with van der Waals surface area (Å²) in [4.78, 5) is 11.3. The number of ether oxygens (including phenoxy) is 1. The van der Waals surface area contributed by atoms with Crippen molar-refractivity contribution in [3.05, 3.63) is 0 Å². The van der Waals surface area contributed by atoms with Crippen LogP contribution in [-0.2, 0) is 19.6 Å². The van der Waals surface area contributed by atoms with E-state index in [1.807, 2.05) is 6.92 Å². The smallest absolute Gasteiger partial charge is 0.310 e. The van der Waals surface area contributed by atoms with Crippen LogP contribution in [0.3, 0.4) is 0 Å². The lowest BCUT2D eigenvalue weighted by Gasteiger charge is -2.20. The molecule has 1 aliphatic heterocycles. The number of methoxy groups -OCH3 is 1. The number of rotatable bonds is 4. The molecule has 1 saturated heterocycles. The van der Waals surface area contributed by atoms with Gasteiger partial charge in [-0.3, -0.25) is 4.79 Å². The summed E-state index contributed by atoms with van der Waals surface area (Å²) in [5.41, 5.74) is 0. The first-order chi connectivity index (χ1) is 7.43. The van der Waals surface area contributed by atoms with Crippen molar-refractivity contribution in [3.8, 4) is 0 Å². The number of carbonyl (C=O) groups excluding carboxylic acids is 1. The fraction of sp³-hybridized carbons (Fsp3) is 0.900. The summed E-state index contributed by atoms with van der Waals surface area (Å²) in [7, 11) is -1.91. The zero-order valence-corrected chi connectivity index (χ0v) is 10.8. The van der Waals surface area contributed by atoms with Gasteiger partial charge in [-0.25, -0.2) is 12.7 Å². The molecule has 6 heteroatoms. The molecule has 0 aliphatic carbocycles. The van der Waals surface area contributed by atoms with Gasteiger partial charge in [0.1, 0.15) is 0 Å². The highest BCUT2D eigenvalue weighted by molar-refractivity contribution is 7.89. The van der Waals surface area contributed by atoms with E-state index in [9.17, 15) is 13.2 Å². The zero-order chi connectivity index (χ0) is 12.3. The first-order valence-electron chi connectivity index (χ1n) is 5.50. The molecule has 0 amide bonds. The average molecular weight is 249 g/mol. The molecule has 1 aliphatic rings. The van der Waals surface area contributed by atoms with E-state index in [-0.39, 0.29) is 23.7 Å². The molecule has 1 heterocycles. The summed E-state index contributed by atoms with van der Waals surface area (Å²) in [5.74, 6) is -0.620. The Kier molecular flexibility index (Phi) is 4.32. The van der Waals surface area contributed by atoms with Crippen LogP contribution in [0.4, 0.5) is 0 Å². The maximum absolute atomic E-state index is 12.0. The van der Waals surface area contributed by atoms with Crippen LogP contribution < -0.4 is 0 Å². The quantitative estimate of drug-likeness (QED) is 0.685. The van der Waals surface area contributed by atoms with Gasteiger partial charge in [0.05, 0.1) is 18.3 Å². The van der Waals surface area contributed by atoms with Gasteiger partial charge in [-0.05, 0) is 19.8 Å². The molecule has 0 spiro atoms. The van der Waals surface area contributed by atoms with Crippen LogP contribution in [0, 0.1) is 5.92 Å². The predicted molar refractivity (Wildman–Crippen MR) is 60.4 cm³/mol. The van der Waals surface area contributed by atoms with E-state index in [4.69, 9.17) is 0 Å². The molecular formula is C10H19NO4S. The Bertz CT molecular complexity index is 352. The van der Waals surface area contributed by atoms with Crippen molar-refractivity contribution in [3.63, 3.8) is 0 Å². The third-order valence-corrected chi connectivity index (χ3v) is 5.53. The van der Waals surface area contributed by atoms with E-state index in [1.165, 1.54) is 11.4 Å². The van der Waals surface area contributed by atoms with Gasteiger partial charge >= 0.3 is 5.97 Å². The molecule has 5 nitrogen and oxygen atoms in total. The third kappa shape index (κ3) is 2.55. The second-order valence-corrected chi connectivity index (χ2v) is 6.48. The van der Waals surface area contributed by atoms with Crippen molar-refractivity contribution in [2.24, 2.45) is 5.92 Å². The van der Waals surface area contributed by atoms with Crippen molar-refractivity contribution in [1.82, 2.24) is 4.31 Å². The van der Waals surface area contributed by atoms with Gasteiger partial charge in [0.2, 0.25) is 10.0 Å². The lowest BCUT2D eigenvalue weighted by atomic mass is 10.1. The largest absolute Gasteiger partial charge is 0.469 e. The molecule has 2 atom stereocenters. The molecule has 0 aromatic rings. The molecule has 0 N–H and O–H groups in total. The van der Waals surface area contributed by atoms with Crippen LogP contribution in [0.1, 0.15) is 26.7 Å². The normalized spacial score (nSPS) is 24.3. The Balaban J connectivity index is 2.70. The van der Waals surface area contributed by atoms with Crippen LogP contribution in [0.15, 0.2) is 0 Å². The molecular weight excluding hydrogens is 230 g/mol. The lowest BCUT2D eigenvalue weighted by Crippen LogP contribution is -2.36. The van der Waals surface area contributed by atoms with Crippen molar-refractivity contribution in [2.45, 2.75) is 31.9 Å². The maximum atomic E-state index is 12.0. The Morgan fingerprint density at radius 3 is 2.69 bits per heavy atom. The van der Waals surface area contributed by atoms with E-state index in [0.717, 1.165) is 0 Å². The summed E-state index contributed by atoms with van der Waals surface area (Å²) in [5, 5.41) is -0.385. The van der Waals surface area contributed by atoms with Gasteiger partial charge in [0.25, 0.3) is 0 Å². The minimum Gasteiger partial charge on any atom is -0.469 e. The van der Waals surface area contributed by atoms with Gasteiger partial charge in [0.15, 0.2) is 0 Å². The van der Waals surface area contributed by atoms with Gasteiger partial charge in [-0.2, -0.15) is 0 Å². The van der Waals surface area contributed by atoms with Gasteiger partial charge < -0.3 is 4.74 Å². The van der Waals surface area contributed by atoms with Gasteiger partial charge in [0, 0.05) is 13.1 Å². The van der Waals surface area contributed by atoms with Gasteiger partial charge in [-0.1, -0.05) is 6.92 Å². The molecule has 0 aromatic carbocycles. The molecule has 0 radical (unpaired) electrons. The third-order valence-electron chi connectivity index (χ3n) is 3.13. The molecule has 1 fully saturated rings. The van der Waals surface area contributed by atoms with Crippen LogP contribution in [0.5, 0.6) is 0 Å². The highest BCUT2D eigenvalue weighted by Crippen LogP contribution is 2.23. The van der Waals surface area contributed by atoms with E-state index in [1.54, 1.807) is 6.92 Å². The van der Waals surface area contributed by atoms with Crippen LogP contribution in [0.25, 0.3) is 0 Å². The zero-order valence-electron chi connectivity index (χ0n) is 9.97. The molecule has 16 heavy (non-hydrogen) atoms. The second kappa shape index (κ2) is 5.14. The van der Waals surface area contributed by atoms with Crippen LogP contribution >= 0.6 is 0 Å². The summed E-state index contributed by atoms with van der Waals surface area (Å²) >= 11 is 0. The van der Waals surface area contributed by atoms with Crippen molar-refractivity contribution in [2.75, 3.05) is 20.2 Å². The number of esters is 1. The van der Waals surface area contributed by atoms with Crippen LogP contribution in [0.2, 0.25) is 0 Å². The number of nitrogens with zero attached hydrogens (tertiary/aromatic N) is 1. The Hall–Kier alpha value is -0.620. The van der Waals surface area contributed by atoms with Crippen molar-refractivity contribution < 1.29 is 17.9 Å². The lowest BCUT2D eigenvalue weighted by molar-refractivity contribution is -0.144. The summed E-state index contributed by atoms with van der Waals surface area (Å²) in [6.45, 7) is 4.22. The fourth-order valence-electron chi connectivity index (χ4n) is 1.78. The monoisotopic (exact) mass is 249 g/mol. The van der Waals surface area contributed by atoms with E-state index < -0.39 is 10.0 Å². The number of sulfonamides is 1. The minimum absolute atomic E-state index is 0.263. The highest BCUT2D eigenvalue weighted by Gasteiger charge is 2.37. The fourth-order valence-corrected chi connectivity index (χ4v) is 3.46. The first kappa shape index (κ1) is 13.4. The average Bonchev–Trinajstić information content (AvgIpc) is 2.76. The summed E-state index contributed by atoms with van der Waals surface area (Å²) < 4.78 is 30.0. The predicted octanol–water partition coefficient (Wildman–Crippen LogP) is 0.610. The molecule has 0 bridgehead atoms. The summed E-state index contributed by atoms with van der Waals surface area (Å²) in [6, 6.07) is 0. The number of carbonyl (C=O) groups is 1. The number of hydrogen-bond donors (Lipinski definition) is 0. The SMILES string of the molecule is CCC(C)S(=O)(=O)N1CCC(C(=O)OC)C1. The van der Waals surface area contributed by atoms with E-state index in [2.05, 4.69) is 4.74 Å². The van der Waals surface area contributed by atoms with Gasteiger partial charge in [-0.15, -0.1) is 0 Å². The molecule has 0 saturated carbocycles. The summed E-state index contributed by atoms with van der Waals surface area (Å²) in [6.07, 6.45) is 1.14.